The van der Waals surface area contributed by atoms with Crippen LogP contribution in [-0.4, -0.2) is 61.5 Å². The molecule has 3 fully saturated rings. The second-order valence-corrected chi connectivity index (χ2v) is 8.03. The second-order valence-electron chi connectivity index (χ2n) is 8.03. The van der Waals surface area contributed by atoms with Gasteiger partial charge in [-0.3, -0.25) is 9.48 Å². The van der Waals surface area contributed by atoms with E-state index < -0.39 is 0 Å². The lowest BCUT2D eigenvalue weighted by molar-refractivity contribution is -0.134. The zero-order valence-corrected chi connectivity index (χ0v) is 15.8. The Bertz CT molecular complexity index is 796. The smallest absolute Gasteiger partial charge is 0.226 e. The first kappa shape index (κ1) is 16.9. The number of aromatic nitrogens is 5. The number of amides is 1. The normalized spacial score (nSPS) is 27.7. The number of hydrogen-bond acceptors (Lipinski definition) is 5. The third-order valence-electron chi connectivity index (χ3n) is 6.58. The van der Waals surface area contributed by atoms with E-state index >= 15 is 0 Å². The number of rotatable bonds is 5. The molecule has 8 nitrogen and oxygen atoms in total. The average molecular weight is 369 g/mol. The van der Waals surface area contributed by atoms with E-state index in [9.17, 15) is 4.79 Å². The Morgan fingerprint density at radius 2 is 2.00 bits per heavy atom. The quantitative estimate of drug-likeness (QED) is 0.840. The van der Waals surface area contributed by atoms with E-state index in [0.717, 1.165) is 57.2 Å². The molecular formula is C19H27N7O. The summed E-state index contributed by atoms with van der Waals surface area (Å²) in [5.41, 5.74) is 0. The zero-order valence-electron chi connectivity index (χ0n) is 15.8. The van der Waals surface area contributed by atoms with Crippen molar-refractivity contribution in [2.24, 2.45) is 17.8 Å². The van der Waals surface area contributed by atoms with E-state index in [4.69, 9.17) is 0 Å². The van der Waals surface area contributed by atoms with Crippen molar-refractivity contribution in [3.05, 3.63) is 30.1 Å². The van der Waals surface area contributed by atoms with Crippen LogP contribution in [0.15, 0.2) is 18.5 Å². The van der Waals surface area contributed by atoms with Crippen molar-refractivity contribution in [2.75, 3.05) is 26.2 Å². The molecule has 0 aromatic carbocycles. The van der Waals surface area contributed by atoms with Gasteiger partial charge in [0.1, 0.15) is 12.4 Å². The summed E-state index contributed by atoms with van der Waals surface area (Å²) in [7, 11) is 0. The standard InChI is InChI=1S/C19H27N7O/c1-2-26-16(12-25-7-3-6-21-25)22-23-18(26)13-4-8-24(9-5-13)19(27)17-14-10-20-11-15(14)17/h3,6-7,13-15,17,20H,2,4-5,8-12H2,1H3/t14-,15+,17?. The molecule has 2 aliphatic heterocycles. The Hall–Kier alpha value is -2.22. The van der Waals surface area contributed by atoms with Crippen LogP contribution in [0.2, 0.25) is 0 Å². The van der Waals surface area contributed by atoms with Crippen molar-refractivity contribution >= 4 is 5.91 Å². The lowest BCUT2D eigenvalue weighted by Gasteiger charge is -2.32. The van der Waals surface area contributed by atoms with Gasteiger partial charge in [0.2, 0.25) is 5.91 Å². The highest BCUT2D eigenvalue weighted by atomic mass is 16.2. The molecule has 0 spiro atoms. The molecule has 0 radical (unpaired) electrons. The largest absolute Gasteiger partial charge is 0.342 e. The van der Waals surface area contributed by atoms with E-state index in [2.05, 4.69) is 37.0 Å². The molecule has 4 heterocycles. The van der Waals surface area contributed by atoms with E-state index in [0.29, 0.717) is 36.1 Å². The molecule has 0 bridgehead atoms. The summed E-state index contributed by atoms with van der Waals surface area (Å²) in [6, 6.07) is 1.92. The lowest BCUT2D eigenvalue weighted by atomic mass is 9.95. The molecule has 2 saturated heterocycles. The Kier molecular flexibility index (Phi) is 4.22. The van der Waals surface area contributed by atoms with Crippen molar-refractivity contribution < 1.29 is 4.79 Å². The third kappa shape index (κ3) is 2.96. The summed E-state index contributed by atoms with van der Waals surface area (Å²) in [4.78, 5) is 14.9. The van der Waals surface area contributed by atoms with Crippen LogP contribution in [0.4, 0.5) is 0 Å². The van der Waals surface area contributed by atoms with Crippen LogP contribution < -0.4 is 5.32 Å². The number of piperidine rings is 2. The van der Waals surface area contributed by atoms with Gasteiger partial charge in [0.25, 0.3) is 0 Å². The number of nitrogens with one attached hydrogen (secondary N) is 1. The SMILES string of the molecule is CCn1c(Cn2cccn2)nnc1C1CCN(C(=O)C2[C@H]3CNC[C@@H]23)CC1. The minimum atomic E-state index is 0.294. The monoisotopic (exact) mass is 369 g/mol. The molecule has 1 N–H and O–H groups in total. The van der Waals surface area contributed by atoms with Crippen LogP contribution in [0.1, 0.15) is 37.3 Å². The molecule has 5 rings (SSSR count). The first-order valence-electron chi connectivity index (χ1n) is 10.1. The van der Waals surface area contributed by atoms with E-state index in [1.165, 1.54) is 0 Å². The van der Waals surface area contributed by atoms with E-state index in [-0.39, 0.29) is 0 Å². The maximum absolute atomic E-state index is 12.8. The first-order chi connectivity index (χ1) is 13.3. The van der Waals surface area contributed by atoms with Gasteiger partial charge in [-0.2, -0.15) is 5.10 Å². The molecule has 1 aliphatic carbocycles. The summed E-state index contributed by atoms with van der Waals surface area (Å²) in [6.45, 7) is 7.38. The summed E-state index contributed by atoms with van der Waals surface area (Å²) in [5.74, 6) is 4.29. The molecule has 3 atom stereocenters. The summed E-state index contributed by atoms with van der Waals surface area (Å²) >= 11 is 0. The average Bonchev–Trinajstić information content (AvgIpc) is 3.19. The molecule has 1 unspecified atom stereocenters. The molecular weight excluding hydrogens is 342 g/mol. The minimum Gasteiger partial charge on any atom is -0.342 e. The number of likely N-dealkylation sites (tertiary alicyclic amines) is 1. The molecule has 2 aromatic heterocycles. The number of hydrogen-bond donors (Lipinski definition) is 1. The third-order valence-corrected chi connectivity index (χ3v) is 6.58. The summed E-state index contributed by atoms with van der Waals surface area (Å²) in [6.07, 6.45) is 5.68. The maximum atomic E-state index is 12.8. The predicted molar refractivity (Wildman–Crippen MR) is 98.9 cm³/mol. The Labute approximate surface area is 158 Å². The maximum Gasteiger partial charge on any atom is 0.226 e. The first-order valence-corrected chi connectivity index (χ1v) is 10.1. The highest BCUT2D eigenvalue weighted by molar-refractivity contribution is 5.82. The fraction of sp³-hybridized carbons (Fsp3) is 0.684. The Morgan fingerprint density at radius 1 is 1.22 bits per heavy atom. The molecule has 1 amide bonds. The lowest BCUT2D eigenvalue weighted by Crippen LogP contribution is -2.40. The number of carbonyl (C=O) groups is 1. The van der Waals surface area contributed by atoms with Crippen LogP contribution in [0, 0.1) is 17.8 Å². The van der Waals surface area contributed by atoms with Gasteiger partial charge < -0.3 is 14.8 Å². The van der Waals surface area contributed by atoms with Gasteiger partial charge in [0.05, 0.1) is 0 Å². The molecule has 8 heteroatoms. The van der Waals surface area contributed by atoms with Gasteiger partial charge in [0, 0.05) is 43.9 Å². The van der Waals surface area contributed by atoms with Crippen LogP contribution >= 0.6 is 0 Å². The molecule has 2 aromatic rings. The van der Waals surface area contributed by atoms with E-state index in [1.54, 1.807) is 6.20 Å². The van der Waals surface area contributed by atoms with Gasteiger partial charge >= 0.3 is 0 Å². The number of nitrogens with zero attached hydrogens (tertiary/aromatic N) is 6. The van der Waals surface area contributed by atoms with Gasteiger partial charge in [-0.05, 0) is 50.8 Å². The predicted octanol–water partition coefficient (Wildman–Crippen LogP) is 0.714. The molecule has 1 saturated carbocycles. The van der Waals surface area contributed by atoms with Gasteiger partial charge in [0.15, 0.2) is 5.82 Å². The molecule has 27 heavy (non-hydrogen) atoms. The second kappa shape index (κ2) is 6.74. The van der Waals surface area contributed by atoms with Crippen LogP contribution in [0.3, 0.4) is 0 Å². The van der Waals surface area contributed by atoms with Crippen LogP contribution in [-0.2, 0) is 17.9 Å². The van der Waals surface area contributed by atoms with Crippen molar-refractivity contribution in [1.82, 2.24) is 34.8 Å². The van der Waals surface area contributed by atoms with Crippen molar-refractivity contribution in [3.63, 3.8) is 0 Å². The Balaban J connectivity index is 1.23. The van der Waals surface area contributed by atoms with Gasteiger partial charge in [-0.25, -0.2) is 0 Å². The summed E-state index contributed by atoms with van der Waals surface area (Å²) < 4.78 is 4.10. The number of carbonyl (C=O) groups excluding carboxylic acids is 1. The van der Waals surface area contributed by atoms with Crippen molar-refractivity contribution in [2.45, 2.75) is 38.8 Å². The minimum absolute atomic E-state index is 0.294. The molecule has 144 valence electrons. The fourth-order valence-electron chi connectivity index (χ4n) is 5.01. The highest BCUT2D eigenvalue weighted by Gasteiger charge is 2.57. The molecule has 3 aliphatic rings. The van der Waals surface area contributed by atoms with E-state index in [1.807, 2.05) is 16.9 Å². The zero-order chi connectivity index (χ0) is 18.4. The summed E-state index contributed by atoms with van der Waals surface area (Å²) in [5, 5.41) is 16.6. The highest BCUT2D eigenvalue weighted by Crippen LogP contribution is 2.50. The topological polar surface area (TPSA) is 80.9 Å². The van der Waals surface area contributed by atoms with Crippen LogP contribution in [0.5, 0.6) is 0 Å². The van der Waals surface area contributed by atoms with Gasteiger partial charge in [-0.1, -0.05) is 0 Å². The van der Waals surface area contributed by atoms with Crippen molar-refractivity contribution in [3.8, 4) is 0 Å². The van der Waals surface area contributed by atoms with Gasteiger partial charge in [-0.15, -0.1) is 10.2 Å². The number of fused-ring (bicyclic) bond motifs is 1. The van der Waals surface area contributed by atoms with Crippen molar-refractivity contribution in [1.29, 1.82) is 0 Å². The Morgan fingerprint density at radius 3 is 2.67 bits per heavy atom. The van der Waals surface area contributed by atoms with Crippen LogP contribution in [0.25, 0.3) is 0 Å². The fourth-order valence-corrected chi connectivity index (χ4v) is 5.01.